The fraction of sp³-hybridized carbons (Fsp3) is 0.538. The summed E-state index contributed by atoms with van der Waals surface area (Å²) in [5, 5.41) is 47.0. The summed E-state index contributed by atoms with van der Waals surface area (Å²) in [6.07, 6.45) is 0.00530. The van der Waals surface area contributed by atoms with E-state index in [1.54, 1.807) is 42.7 Å². The molecule has 0 bridgehead atoms. The lowest BCUT2D eigenvalue weighted by molar-refractivity contribution is -0.00789. The number of rotatable bonds is 14. The summed E-state index contributed by atoms with van der Waals surface area (Å²) in [7, 11) is 9.64. The number of ether oxygens (including phenoxy) is 6. The van der Waals surface area contributed by atoms with Crippen molar-refractivity contribution < 1.29 is 43.7 Å². The zero-order chi connectivity index (χ0) is 36.2. The van der Waals surface area contributed by atoms with E-state index in [-0.39, 0.29) is 12.8 Å². The van der Waals surface area contributed by atoms with E-state index < -0.39 is 42.4 Å². The molecule has 0 saturated heterocycles. The molecule has 12 nitrogen and oxygen atoms in total. The molecule has 0 spiro atoms. The highest BCUT2D eigenvalue weighted by Crippen LogP contribution is 2.43. The summed E-state index contributed by atoms with van der Waals surface area (Å²) < 4.78 is 33.6. The molecule has 3 aromatic rings. The summed E-state index contributed by atoms with van der Waals surface area (Å²) in [6.45, 7) is 2.00. The summed E-state index contributed by atoms with van der Waals surface area (Å²) >= 11 is 0. The highest BCUT2D eigenvalue weighted by atomic mass is 16.5. The first-order valence-electron chi connectivity index (χ1n) is 17.7. The predicted molar refractivity (Wildman–Crippen MR) is 193 cm³/mol. The van der Waals surface area contributed by atoms with Crippen molar-refractivity contribution in [2.75, 3.05) is 62.3 Å². The Kier molecular flexibility index (Phi) is 11.8. The van der Waals surface area contributed by atoms with Crippen molar-refractivity contribution in [2.45, 2.75) is 68.5 Å². The van der Waals surface area contributed by atoms with Crippen LogP contribution in [0, 0.1) is 5.92 Å². The molecule has 0 fully saturated rings. The number of hydrogen-bond donors (Lipinski definition) is 6. The topological polar surface area (TPSA) is 152 Å². The van der Waals surface area contributed by atoms with Gasteiger partial charge < -0.3 is 59.7 Å². The third-order valence-corrected chi connectivity index (χ3v) is 10.9. The quantitative estimate of drug-likeness (QED) is 0.146. The van der Waals surface area contributed by atoms with Crippen LogP contribution < -0.4 is 44.4 Å². The van der Waals surface area contributed by atoms with E-state index in [1.807, 2.05) is 36.4 Å². The van der Waals surface area contributed by atoms with Crippen LogP contribution in [0.3, 0.4) is 0 Å². The summed E-state index contributed by atoms with van der Waals surface area (Å²) in [6, 6.07) is 10.4. The van der Waals surface area contributed by atoms with Crippen molar-refractivity contribution in [3.05, 3.63) is 69.8 Å². The molecule has 3 aliphatic heterocycles. The number of nitrogens with one attached hydrogen (secondary N) is 3. The number of fused-ring (bicyclic) bond motifs is 3. The smallest absolute Gasteiger partial charge is 0.161 e. The lowest BCUT2D eigenvalue weighted by Gasteiger charge is -2.40. The van der Waals surface area contributed by atoms with Crippen molar-refractivity contribution in [3.63, 3.8) is 0 Å². The highest BCUT2D eigenvalue weighted by molar-refractivity contribution is 5.52. The van der Waals surface area contributed by atoms with Crippen LogP contribution in [0.4, 0.5) is 0 Å². The Labute approximate surface area is 300 Å². The Morgan fingerprint density at radius 2 is 0.784 bits per heavy atom. The maximum Gasteiger partial charge on any atom is 0.161 e. The monoisotopic (exact) mass is 707 g/mol. The Morgan fingerprint density at radius 3 is 1.12 bits per heavy atom. The predicted octanol–water partition coefficient (Wildman–Crippen LogP) is 3.18. The van der Waals surface area contributed by atoms with Gasteiger partial charge in [0.25, 0.3) is 0 Å². The molecule has 3 aromatic carbocycles. The molecular formula is C39H53N3O9. The molecule has 12 heteroatoms. The Hall–Kier alpha value is -3.78. The largest absolute Gasteiger partial charge is 0.493 e. The van der Waals surface area contributed by atoms with Crippen LogP contribution in [0.5, 0.6) is 34.5 Å². The maximum atomic E-state index is 12.4. The Morgan fingerprint density at radius 1 is 0.490 bits per heavy atom. The van der Waals surface area contributed by atoms with Gasteiger partial charge in [0.15, 0.2) is 34.5 Å². The van der Waals surface area contributed by atoms with Crippen LogP contribution in [0.2, 0.25) is 0 Å². The van der Waals surface area contributed by atoms with E-state index in [4.69, 9.17) is 28.4 Å². The fourth-order valence-corrected chi connectivity index (χ4v) is 8.28. The van der Waals surface area contributed by atoms with E-state index in [9.17, 15) is 15.3 Å². The zero-order valence-electron chi connectivity index (χ0n) is 30.5. The molecule has 51 heavy (non-hydrogen) atoms. The number of hydrogen-bond acceptors (Lipinski definition) is 12. The molecular weight excluding hydrogens is 654 g/mol. The molecule has 0 saturated carbocycles. The average Bonchev–Trinajstić information content (AvgIpc) is 3.17. The molecule has 6 atom stereocenters. The summed E-state index contributed by atoms with van der Waals surface area (Å²) in [5.74, 6) is 3.16. The minimum atomic E-state index is -0.964. The number of benzene rings is 3. The average molecular weight is 708 g/mol. The van der Waals surface area contributed by atoms with Gasteiger partial charge in [0.05, 0.1) is 79.1 Å². The lowest BCUT2D eigenvalue weighted by atomic mass is 9.77. The zero-order valence-corrected chi connectivity index (χ0v) is 30.5. The van der Waals surface area contributed by atoms with Crippen molar-refractivity contribution >= 4 is 0 Å². The van der Waals surface area contributed by atoms with Crippen LogP contribution >= 0.6 is 0 Å². The molecule has 0 aliphatic carbocycles. The van der Waals surface area contributed by atoms with E-state index in [0.717, 1.165) is 52.6 Å². The van der Waals surface area contributed by atoms with Crippen molar-refractivity contribution in [3.8, 4) is 34.5 Å². The van der Waals surface area contributed by atoms with Crippen LogP contribution in [-0.2, 0) is 19.3 Å². The Balaban J connectivity index is 1.34. The van der Waals surface area contributed by atoms with Crippen LogP contribution in [0.1, 0.15) is 64.3 Å². The van der Waals surface area contributed by atoms with Gasteiger partial charge in [0.1, 0.15) is 0 Å². The first-order valence-corrected chi connectivity index (χ1v) is 17.7. The number of aliphatic hydroxyl groups is 3. The van der Waals surface area contributed by atoms with Gasteiger partial charge in [-0.1, -0.05) is 0 Å². The molecule has 278 valence electrons. The van der Waals surface area contributed by atoms with E-state index >= 15 is 0 Å². The van der Waals surface area contributed by atoms with E-state index in [1.165, 1.54) is 0 Å². The van der Waals surface area contributed by atoms with Gasteiger partial charge in [-0.3, -0.25) is 0 Å². The number of aliphatic hydroxyl groups excluding tert-OH is 3. The van der Waals surface area contributed by atoms with Crippen LogP contribution in [-0.4, -0.2) is 95.9 Å². The molecule has 0 aromatic heterocycles. The summed E-state index contributed by atoms with van der Waals surface area (Å²) in [4.78, 5) is 0. The van der Waals surface area contributed by atoms with Crippen molar-refractivity contribution in [2.24, 2.45) is 5.92 Å². The maximum absolute atomic E-state index is 12.4. The van der Waals surface area contributed by atoms with E-state index in [0.29, 0.717) is 54.1 Å². The molecule has 3 heterocycles. The summed E-state index contributed by atoms with van der Waals surface area (Å²) in [5.41, 5.74) is 5.98. The number of methoxy groups -OCH3 is 6. The molecule has 0 radical (unpaired) electrons. The fourth-order valence-electron chi connectivity index (χ4n) is 8.28. The van der Waals surface area contributed by atoms with Gasteiger partial charge in [-0.15, -0.1) is 0 Å². The van der Waals surface area contributed by atoms with Crippen LogP contribution in [0.15, 0.2) is 36.4 Å². The normalized spacial score (nSPS) is 21.9. The SMILES string of the molecule is COc1cc2c(cc1OC)C(C(O)CC(CC(O)C1NCCc3cc(OC)c(OC)cc31)C(O)C1NCCc3cc(OC)c(OC)cc31)NCC2. The first-order chi connectivity index (χ1) is 24.7. The second kappa shape index (κ2) is 16.3. The van der Waals surface area contributed by atoms with Crippen molar-refractivity contribution in [1.82, 2.24) is 16.0 Å². The Bertz CT molecular complexity index is 1590. The third-order valence-electron chi connectivity index (χ3n) is 10.9. The molecule has 6 N–H and O–H groups in total. The van der Waals surface area contributed by atoms with Gasteiger partial charge in [0.2, 0.25) is 0 Å². The minimum absolute atomic E-state index is 0.218. The van der Waals surface area contributed by atoms with Crippen LogP contribution in [0.25, 0.3) is 0 Å². The molecule has 3 aliphatic rings. The van der Waals surface area contributed by atoms with Gasteiger partial charge >= 0.3 is 0 Å². The first kappa shape index (κ1) is 37.0. The minimum Gasteiger partial charge on any atom is -0.493 e. The third kappa shape index (κ3) is 7.44. The molecule has 6 rings (SSSR count). The molecule has 6 unspecified atom stereocenters. The standard InChI is InChI=1S/C39H53N3O9/c1-46-30-15-21-7-10-40-36(25(21)18-33(30)49-4)28(43)13-24(39(45)38-27-20-35(51-6)32(48-3)17-23(27)9-12-42-38)14-29(44)37-26-19-34(50-5)31(47-2)16-22(26)8-11-41-37/h15-20,24,28-29,36-45H,7-14H2,1-6H3. The van der Waals surface area contributed by atoms with E-state index in [2.05, 4.69) is 16.0 Å². The van der Waals surface area contributed by atoms with Gasteiger partial charge in [-0.05, 0) is 127 Å². The second-order valence-corrected chi connectivity index (χ2v) is 13.6. The molecule has 0 amide bonds. The van der Waals surface area contributed by atoms with Gasteiger partial charge in [-0.2, -0.15) is 0 Å². The highest BCUT2D eigenvalue weighted by Gasteiger charge is 2.39. The second-order valence-electron chi connectivity index (χ2n) is 13.6. The van der Waals surface area contributed by atoms with Gasteiger partial charge in [-0.25, -0.2) is 0 Å². The lowest BCUT2D eigenvalue weighted by Crippen LogP contribution is -2.46. The van der Waals surface area contributed by atoms with Crippen molar-refractivity contribution in [1.29, 1.82) is 0 Å². The van der Waals surface area contributed by atoms with Gasteiger partial charge in [0, 0.05) is 0 Å².